The fraction of sp³-hybridized carbons (Fsp3) is 0.462. The van der Waals surface area contributed by atoms with E-state index in [4.69, 9.17) is 4.98 Å². The number of anilines is 1. The number of aromatic nitrogens is 5. The van der Waals surface area contributed by atoms with Crippen molar-refractivity contribution >= 4 is 16.9 Å². The summed E-state index contributed by atoms with van der Waals surface area (Å²) in [5.74, 6) is 0. The van der Waals surface area contributed by atoms with Gasteiger partial charge in [0.1, 0.15) is 11.3 Å². The summed E-state index contributed by atoms with van der Waals surface area (Å²) >= 11 is 0. The Kier molecular flexibility index (Phi) is 6.08. The molecule has 1 aliphatic heterocycles. The van der Waals surface area contributed by atoms with Crippen LogP contribution in [-0.2, 0) is 6.42 Å². The molecule has 0 aromatic carbocycles. The van der Waals surface area contributed by atoms with Crippen molar-refractivity contribution < 1.29 is 0 Å². The predicted molar refractivity (Wildman–Crippen MR) is 136 cm³/mol. The molecule has 4 aromatic heterocycles. The normalized spacial score (nSPS) is 15.1. The van der Waals surface area contributed by atoms with Crippen molar-refractivity contribution in [3.05, 3.63) is 58.4 Å². The van der Waals surface area contributed by atoms with Crippen LogP contribution >= 0.6 is 0 Å². The van der Waals surface area contributed by atoms with Crippen molar-refractivity contribution in [3.63, 3.8) is 0 Å². The van der Waals surface area contributed by atoms with Crippen LogP contribution in [0.15, 0.2) is 41.5 Å². The Morgan fingerprint density at radius 3 is 2.47 bits per heavy atom. The molecule has 34 heavy (non-hydrogen) atoms. The van der Waals surface area contributed by atoms with Crippen molar-refractivity contribution in [1.29, 1.82) is 0 Å². The van der Waals surface area contributed by atoms with Gasteiger partial charge in [-0.05, 0) is 57.5 Å². The van der Waals surface area contributed by atoms with E-state index in [1.165, 1.54) is 0 Å². The van der Waals surface area contributed by atoms with E-state index in [0.717, 1.165) is 68.0 Å². The van der Waals surface area contributed by atoms with Gasteiger partial charge in [-0.2, -0.15) is 5.10 Å². The number of nitrogens with zero attached hydrogens (tertiary/aromatic N) is 7. The van der Waals surface area contributed by atoms with Crippen LogP contribution in [0, 0.1) is 6.92 Å². The number of hydrogen-bond acceptors (Lipinski definition) is 6. The first kappa shape index (κ1) is 22.5. The quantitative estimate of drug-likeness (QED) is 0.439. The van der Waals surface area contributed by atoms with Crippen LogP contribution in [0.1, 0.15) is 45.0 Å². The number of rotatable bonds is 6. The SMILES string of the molecule is CCc1nc(C)cn2nc(-c3cc(=O)n4cc(N5CCC(N(CC)CC)CC5)ccc4n3)cc12. The molecule has 1 fully saturated rings. The molecule has 0 bridgehead atoms. The Balaban J connectivity index is 1.44. The minimum atomic E-state index is -0.0954. The number of piperidine rings is 1. The molecule has 0 aliphatic carbocycles. The lowest BCUT2D eigenvalue weighted by Crippen LogP contribution is -2.45. The fourth-order valence-electron chi connectivity index (χ4n) is 5.21. The molecule has 8 nitrogen and oxygen atoms in total. The van der Waals surface area contributed by atoms with Crippen LogP contribution in [0.25, 0.3) is 22.6 Å². The summed E-state index contributed by atoms with van der Waals surface area (Å²) in [6.45, 7) is 12.7. The molecular formula is C26H33N7O. The van der Waals surface area contributed by atoms with E-state index in [1.54, 1.807) is 10.5 Å². The van der Waals surface area contributed by atoms with Gasteiger partial charge in [-0.1, -0.05) is 20.8 Å². The van der Waals surface area contributed by atoms with Gasteiger partial charge in [-0.3, -0.25) is 14.2 Å². The molecule has 1 saturated heterocycles. The van der Waals surface area contributed by atoms with Crippen molar-refractivity contribution in [2.75, 3.05) is 31.1 Å². The maximum absolute atomic E-state index is 13.1. The van der Waals surface area contributed by atoms with E-state index in [1.807, 2.05) is 36.0 Å². The topological polar surface area (TPSA) is 71.0 Å². The Morgan fingerprint density at radius 1 is 1.00 bits per heavy atom. The largest absolute Gasteiger partial charge is 0.370 e. The highest BCUT2D eigenvalue weighted by Crippen LogP contribution is 2.24. The zero-order valence-electron chi connectivity index (χ0n) is 20.5. The second-order valence-corrected chi connectivity index (χ2v) is 9.08. The average Bonchev–Trinajstić information content (AvgIpc) is 3.28. The number of fused-ring (bicyclic) bond motifs is 2. The zero-order valence-corrected chi connectivity index (χ0v) is 20.5. The van der Waals surface area contributed by atoms with Crippen LogP contribution in [0.3, 0.4) is 0 Å². The van der Waals surface area contributed by atoms with Gasteiger partial charge in [-0.25, -0.2) is 9.50 Å². The maximum atomic E-state index is 13.1. The Labute approximate surface area is 199 Å². The molecule has 0 N–H and O–H groups in total. The molecule has 0 saturated carbocycles. The van der Waals surface area contributed by atoms with Crippen LogP contribution in [0.4, 0.5) is 5.69 Å². The third-order valence-electron chi connectivity index (χ3n) is 7.05. The van der Waals surface area contributed by atoms with E-state index in [2.05, 4.69) is 46.7 Å². The average molecular weight is 460 g/mol. The van der Waals surface area contributed by atoms with E-state index in [0.29, 0.717) is 23.1 Å². The van der Waals surface area contributed by atoms with Gasteiger partial charge < -0.3 is 9.80 Å². The first-order valence-corrected chi connectivity index (χ1v) is 12.4. The fourth-order valence-corrected chi connectivity index (χ4v) is 5.21. The second-order valence-electron chi connectivity index (χ2n) is 9.08. The second kappa shape index (κ2) is 9.18. The molecule has 5 heterocycles. The van der Waals surface area contributed by atoms with Gasteiger partial charge in [0.15, 0.2) is 0 Å². The van der Waals surface area contributed by atoms with E-state index in [9.17, 15) is 4.79 Å². The number of aryl methyl sites for hydroxylation is 2. The molecule has 5 rings (SSSR count). The summed E-state index contributed by atoms with van der Waals surface area (Å²) in [6.07, 6.45) is 6.94. The molecule has 0 radical (unpaired) electrons. The van der Waals surface area contributed by atoms with E-state index in [-0.39, 0.29) is 5.56 Å². The van der Waals surface area contributed by atoms with Gasteiger partial charge in [0.05, 0.1) is 34.5 Å². The summed E-state index contributed by atoms with van der Waals surface area (Å²) in [5.41, 5.74) is 5.74. The summed E-state index contributed by atoms with van der Waals surface area (Å²) in [4.78, 5) is 27.4. The van der Waals surface area contributed by atoms with Gasteiger partial charge >= 0.3 is 0 Å². The molecule has 0 atom stereocenters. The minimum Gasteiger partial charge on any atom is -0.370 e. The highest BCUT2D eigenvalue weighted by molar-refractivity contribution is 5.66. The Bertz CT molecular complexity index is 1380. The molecule has 178 valence electrons. The summed E-state index contributed by atoms with van der Waals surface area (Å²) < 4.78 is 3.49. The van der Waals surface area contributed by atoms with Gasteiger partial charge in [-0.15, -0.1) is 0 Å². The monoisotopic (exact) mass is 459 g/mol. The molecule has 0 amide bonds. The van der Waals surface area contributed by atoms with Crippen LogP contribution < -0.4 is 10.5 Å². The lowest BCUT2D eigenvalue weighted by Gasteiger charge is -2.38. The number of hydrogen-bond donors (Lipinski definition) is 0. The first-order valence-electron chi connectivity index (χ1n) is 12.4. The van der Waals surface area contributed by atoms with Crippen molar-refractivity contribution in [1.82, 2.24) is 28.9 Å². The summed E-state index contributed by atoms with van der Waals surface area (Å²) in [7, 11) is 0. The van der Waals surface area contributed by atoms with Gasteiger partial charge in [0.25, 0.3) is 5.56 Å². The molecule has 0 spiro atoms. The standard InChI is InChI=1S/C26H33N7O/c1-5-21-24-14-23(29-33(24)16-18(4)27-21)22-15-26(34)32-17-20(8-9-25(32)28-22)31-12-10-19(11-13-31)30(6-2)7-3/h8-9,14-17,19H,5-7,10-13H2,1-4H3. The molecule has 4 aromatic rings. The Hall–Kier alpha value is -3.26. The third kappa shape index (κ3) is 4.07. The van der Waals surface area contributed by atoms with Crippen LogP contribution in [0.5, 0.6) is 0 Å². The van der Waals surface area contributed by atoms with Crippen molar-refractivity contribution in [3.8, 4) is 11.4 Å². The Morgan fingerprint density at radius 2 is 1.76 bits per heavy atom. The smallest absolute Gasteiger partial charge is 0.258 e. The lowest BCUT2D eigenvalue weighted by atomic mass is 10.0. The molecule has 8 heteroatoms. The maximum Gasteiger partial charge on any atom is 0.258 e. The third-order valence-corrected chi connectivity index (χ3v) is 7.05. The first-order chi connectivity index (χ1) is 16.5. The highest BCUT2D eigenvalue weighted by Gasteiger charge is 2.23. The number of pyridine rings is 1. The molecular weight excluding hydrogens is 426 g/mol. The molecule has 0 unspecified atom stereocenters. The minimum absolute atomic E-state index is 0.0954. The molecule has 1 aliphatic rings. The lowest BCUT2D eigenvalue weighted by molar-refractivity contribution is 0.186. The summed E-state index contributed by atoms with van der Waals surface area (Å²) in [6, 6.07) is 8.22. The van der Waals surface area contributed by atoms with Crippen molar-refractivity contribution in [2.45, 2.75) is 53.0 Å². The van der Waals surface area contributed by atoms with Crippen LogP contribution in [0.2, 0.25) is 0 Å². The van der Waals surface area contributed by atoms with Crippen LogP contribution in [-0.4, -0.2) is 61.1 Å². The van der Waals surface area contributed by atoms with E-state index >= 15 is 0 Å². The zero-order chi connectivity index (χ0) is 23.8. The van der Waals surface area contributed by atoms with Crippen molar-refractivity contribution in [2.24, 2.45) is 0 Å². The van der Waals surface area contributed by atoms with E-state index < -0.39 is 0 Å². The predicted octanol–water partition coefficient (Wildman–Crippen LogP) is 3.59. The van der Waals surface area contributed by atoms with Gasteiger partial charge in [0.2, 0.25) is 0 Å². The summed E-state index contributed by atoms with van der Waals surface area (Å²) in [5, 5.41) is 4.68. The highest BCUT2D eigenvalue weighted by atomic mass is 16.1. The van der Waals surface area contributed by atoms with Gasteiger partial charge in [0, 0.05) is 31.4 Å².